The molecule has 0 bridgehead atoms. The molecule has 100 valence electrons. The summed E-state index contributed by atoms with van der Waals surface area (Å²) in [6.07, 6.45) is 4.88. The second kappa shape index (κ2) is 7.05. The monoisotopic (exact) mass is 254 g/mol. The smallest absolute Gasteiger partial charge is 0.0325 e. The summed E-state index contributed by atoms with van der Waals surface area (Å²) in [5.41, 5.74) is 2.59. The van der Waals surface area contributed by atoms with Crippen LogP contribution in [-0.4, -0.2) is 4.98 Å². The van der Waals surface area contributed by atoms with Gasteiger partial charge in [0.1, 0.15) is 0 Å². The molecule has 0 fully saturated rings. The van der Waals surface area contributed by atoms with Gasteiger partial charge < -0.3 is 5.32 Å². The van der Waals surface area contributed by atoms with Crippen molar-refractivity contribution in [3.63, 3.8) is 0 Å². The molecule has 1 heterocycles. The van der Waals surface area contributed by atoms with Crippen molar-refractivity contribution in [2.45, 2.75) is 32.9 Å². The Kier molecular flexibility index (Phi) is 5.10. The van der Waals surface area contributed by atoms with E-state index in [4.69, 9.17) is 0 Å². The van der Waals surface area contributed by atoms with Gasteiger partial charge in [-0.25, -0.2) is 0 Å². The van der Waals surface area contributed by atoms with Crippen LogP contribution in [0.4, 0.5) is 0 Å². The lowest BCUT2D eigenvalue weighted by Gasteiger charge is -2.21. The topological polar surface area (TPSA) is 24.9 Å². The molecule has 0 spiro atoms. The van der Waals surface area contributed by atoms with Gasteiger partial charge in [-0.2, -0.15) is 0 Å². The highest BCUT2D eigenvalue weighted by molar-refractivity contribution is 5.19. The lowest BCUT2D eigenvalue weighted by atomic mass is 9.97. The molecule has 1 N–H and O–H groups in total. The first-order valence-electron chi connectivity index (χ1n) is 6.93. The molecule has 1 unspecified atom stereocenters. The minimum absolute atomic E-state index is 0.404. The molecule has 2 heteroatoms. The minimum Gasteiger partial charge on any atom is -0.306 e. The maximum Gasteiger partial charge on any atom is 0.0325 e. The number of nitrogens with one attached hydrogen (secondary N) is 1. The molecule has 1 aromatic carbocycles. The van der Waals surface area contributed by atoms with Gasteiger partial charge in [-0.1, -0.05) is 50.2 Å². The summed E-state index contributed by atoms with van der Waals surface area (Å²) in [5, 5.41) is 3.64. The highest BCUT2D eigenvalue weighted by atomic mass is 14.9. The van der Waals surface area contributed by atoms with Gasteiger partial charge in [0, 0.05) is 25.0 Å². The van der Waals surface area contributed by atoms with Crippen LogP contribution in [0.3, 0.4) is 0 Å². The minimum atomic E-state index is 0.404. The fourth-order valence-corrected chi connectivity index (χ4v) is 2.24. The number of hydrogen-bond acceptors (Lipinski definition) is 2. The highest BCUT2D eigenvalue weighted by Gasteiger charge is 2.12. The van der Waals surface area contributed by atoms with Gasteiger partial charge in [0.05, 0.1) is 0 Å². The lowest BCUT2D eigenvalue weighted by Crippen LogP contribution is -2.22. The SMILES string of the molecule is CC(C)CC(NCc1cccnc1)c1ccccc1. The van der Waals surface area contributed by atoms with Crippen LogP contribution in [0.5, 0.6) is 0 Å². The molecule has 2 nitrogen and oxygen atoms in total. The number of rotatable bonds is 6. The van der Waals surface area contributed by atoms with E-state index in [1.807, 2.05) is 18.5 Å². The van der Waals surface area contributed by atoms with Crippen molar-refractivity contribution in [1.82, 2.24) is 10.3 Å². The molecule has 19 heavy (non-hydrogen) atoms. The van der Waals surface area contributed by atoms with Gasteiger partial charge >= 0.3 is 0 Å². The molecule has 0 saturated heterocycles. The first-order valence-corrected chi connectivity index (χ1v) is 6.93. The van der Waals surface area contributed by atoms with Gasteiger partial charge in [0.15, 0.2) is 0 Å². The lowest BCUT2D eigenvalue weighted by molar-refractivity contribution is 0.428. The Labute approximate surface area is 115 Å². The quantitative estimate of drug-likeness (QED) is 0.844. The van der Waals surface area contributed by atoms with E-state index in [-0.39, 0.29) is 0 Å². The molecular weight excluding hydrogens is 232 g/mol. The molecule has 0 amide bonds. The van der Waals surface area contributed by atoms with E-state index in [0.717, 1.165) is 13.0 Å². The van der Waals surface area contributed by atoms with Gasteiger partial charge in [-0.15, -0.1) is 0 Å². The van der Waals surface area contributed by atoms with Crippen LogP contribution >= 0.6 is 0 Å². The number of pyridine rings is 1. The zero-order valence-electron chi connectivity index (χ0n) is 11.7. The summed E-state index contributed by atoms with van der Waals surface area (Å²) >= 11 is 0. The van der Waals surface area contributed by atoms with E-state index in [1.165, 1.54) is 11.1 Å². The van der Waals surface area contributed by atoms with E-state index in [2.05, 4.69) is 60.5 Å². The number of nitrogens with zero attached hydrogens (tertiary/aromatic N) is 1. The predicted molar refractivity (Wildman–Crippen MR) is 79.7 cm³/mol. The zero-order chi connectivity index (χ0) is 13.5. The van der Waals surface area contributed by atoms with E-state index < -0.39 is 0 Å². The van der Waals surface area contributed by atoms with Crippen molar-refractivity contribution in [3.8, 4) is 0 Å². The summed E-state index contributed by atoms with van der Waals surface area (Å²) < 4.78 is 0. The molecule has 0 aliphatic rings. The summed E-state index contributed by atoms with van der Waals surface area (Å²) in [7, 11) is 0. The molecule has 0 aliphatic heterocycles. The van der Waals surface area contributed by atoms with Gasteiger partial charge in [0.25, 0.3) is 0 Å². The van der Waals surface area contributed by atoms with Crippen molar-refractivity contribution in [3.05, 3.63) is 66.0 Å². The molecule has 2 rings (SSSR count). The standard InChI is InChI=1S/C17H22N2/c1-14(2)11-17(16-8-4-3-5-9-16)19-13-15-7-6-10-18-12-15/h3-10,12,14,17,19H,11,13H2,1-2H3. The van der Waals surface area contributed by atoms with E-state index in [0.29, 0.717) is 12.0 Å². The largest absolute Gasteiger partial charge is 0.306 e. The Morgan fingerprint density at radius 2 is 1.84 bits per heavy atom. The molecule has 0 radical (unpaired) electrons. The second-order valence-electron chi connectivity index (χ2n) is 5.33. The Morgan fingerprint density at radius 1 is 1.05 bits per heavy atom. The first-order chi connectivity index (χ1) is 9.25. The highest BCUT2D eigenvalue weighted by Crippen LogP contribution is 2.21. The molecule has 0 saturated carbocycles. The van der Waals surface area contributed by atoms with Crippen LogP contribution in [0.15, 0.2) is 54.9 Å². The first kappa shape index (κ1) is 13.8. The molecule has 1 aromatic heterocycles. The molecular formula is C17H22N2. The van der Waals surface area contributed by atoms with Crippen LogP contribution in [0.25, 0.3) is 0 Å². The summed E-state index contributed by atoms with van der Waals surface area (Å²) in [6, 6.07) is 15.2. The van der Waals surface area contributed by atoms with E-state index >= 15 is 0 Å². The molecule has 1 atom stereocenters. The summed E-state index contributed by atoms with van der Waals surface area (Å²) in [5.74, 6) is 0.673. The van der Waals surface area contributed by atoms with Crippen molar-refractivity contribution >= 4 is 0 Å². The molecule has 2 aromatic rings. The fraction of sp³-hybridized carbons (Fsp3) is 0.353. The third-order valence-electron chi connectivity index (χ3n) is 3.18. The van der Waals surface area contributed by atoms with Gasteiger partial charge in [0.2, 0.25) is 0 Å². The maximum absolute atomic E-state index is 4.16. The Morgan fingerprint density at radius 3 is 2.47 bits per heavy atom. The van der Waals surface area contributed by atoms with Crippen LogP contribution in [-0.2, 0) is 6.54 Å². The Balaban J connectivity index is 2.02. The Bertz CT molecular complexity index is 465. The van der Waals surface area contributed by atoms with Crippen LogP contribution in [0, 0.1) is 5.92 Å². The zero-order valence-corrected chi connectivity index (χ0v) is 11.7. The van der Waals surface area contributed by atoms with Gasteiger partial charge in [-0.3, -0.25) is 4.98 Å². The predicted octanol–water partition coefficient (Wildman–Crippen LogP) is 3.96. The number of aromatic nitrogens is 1. The van der Waals surface area contributed by atoms with Crippen LogP contribution < -0.4 is 5.32 Å². The maximum atomic E-state index is 4.16. The summed E-state index contributed by atoms with van der Waals surface area (Å²) in [6.45, 7) is 5.39. The average Bonchev–Trinajstić information content (AvgIpc) is 2.45. The van der Waals surface area contributed by atoms with Crippen molar-refractivity contribution in [2.24, 2.45) is 5.92 Å². The second-order valence-corrected chi connectivity index (χ2v) is 5.33. The fourth-order valence-electron chi connectivity index (χ4n) is 2.24. The van der Waals surface area contributed by atoms with Crippen molar-refractivity contribution < 1.29 is 0 Å². The summed E-state index contributed by atoms with van der Waals surface area (Å²) in [4.78, 5) is 4.16. The average molecular weight is 254 g/mol. The van der Waals surface area contributed by atoms with E-state index in [9.17, 15) is 0 Å². The van der Waals surface area contributed by atoms with Crippen LogP contribution in [0.1, 0.15) is 37.4 Å². The van der Waals surface area contributed by atoms with Gasteiger partial charge in [-0.05, 0) is 29.5 Å². The third-order valence-corrected chi connectivity index (χ3v) is 3.18. The molecule has 0 aliphatic carbocycles. The normalized spacial score (nSPS) is 12.6. The number of benzene rings is 1. The Hall–Kier alpha value is -1.67. The van der Waals surface area contributed by atoms with E-state index in [1.54, 1.807) is 0 Å². The van der Waals surface area contributed by atoms with Crippen molar-refractivity contribution in [2.75, 3.05) is 0 Å². The number of hydrogen-bond donors (Lipinski definition) is 1. The van der Waals surface area contributed by atoms with Crippen LogP contribution in [0.2, 0.25) is 0 Å². The van der Waals surface area contributed by atoms with Crippen molar-refractivity contribution in [1.29, 1.82) is 0 Å². The third kappa shape index (κ3) is 4.49.